The van der Waals surface area contributed by atoms with E-state index in [1.54, 1.807) is 19.1 Å². The van der Waals surface area contributed by atoms with Crippen LogP contribution in [0.4, 0.5) is 0 Å². The smallest absolute Gasteiger partial charge is 0.310 e. The minimum absolute atomic E-state index is 0.151. The van der Waals surface area contributed by atoms with Crippen LogP contribution in [-0.2, 0) is 22.5 Å². The average Bonchev–Trinajstić information content (AvgIpc) is 3.19. The Morgan fingerprint density at radius 2 is 2.33 bits per heavy atom. The fourth-order valence-corrected chi connectivity index (χ4v) is 3.48. The fraction of sp³-hybridized carbons (Fsp3) is 0.421. The van der Waals surface area contributed by atoms with Gasteiger partial charge in [0.2, 0.25) is 5.58 Å². The third kappa shape index (κ3) is 3.58. The van der Waals surface area contributed by atoms with Crippen molar-refractivity contribution < 1.29 is 19.1 Å². The topological polar surface area (TPSA) is 109 Å². The van der Waals surface area contributed by atoms with Crippen LogP contribution in [0.25, 0.3) is 22.1 Å². The lowest BCUT2D eigenvalue weighted by atomic mass is 10.1. The molecule has 1 atom stereocenters. The number of carbonyl (C=O) groups is 1. The lowest BCUT2D eigenvalue weighted by Crippen LogP contribution is -2.24. The maximum atomic E-state index is 12.4. The molecule has 0 amide bonds. The summed E-state index contributed by atoms with van der Waals surface area (Å²) in [7, 11) is 0. The Labute approximate surface area is 154 Å². The number of carbonyl (C=O) groups excluding carboxylic acids is 1. The Morgan fingerprint density at radius 1 is 1.48 bits per heavy atom. The number of rotatable bonds is 5. The summed E-state index contributed by atoms with van der Waals surface area (Å²) in [6.45, 7) is 3.89. The number of nitrogens with one attached hydrogen (secondary N) is 1. The molecule has 2 N–H and O–H groups in total. The Kier molecular flexibility index (Phi) is 4.67. The second kappa shape index (κ2) is 7.13. The van der Waals surface area contributed by atoms with E-state index < -0.39 is 0 Å². The van der Waals surface area contributed by atoms with Gasteiger partial charge in [0.15, 0.2) is 0 Å². The number of aromatic nitrogens is 2. The van der Waals surface area contributed by atoms with E-state index in [0.717, 1.165) is 18.5 Å². The van der Waals surface area contributed by atoms with E-state index >= 15 is 0 Å². The van der Waals surface area contributed by atoms with E-state index in [4.69, 9.17) is 9.15 Å². The van der Waals surface area contributed by atoms with Crippen molar-refractivity contribution in [1.29, 1.82) is 0 Å². The van der Waals surface area contributed by atoms with Gasteiger partial charge in [0.05, 0.1) is 25.7 Å². The van der Waals surface area contributed by atoms with Crippen molar-refractivity contribution >= 4 is 28.0 Å². The predicted molar refractivity (Wildman–Crippen MR) is 98.4 cm³/mol. The van der Waals surface area contributed by atoms with Crippen LogP contribution in [0.3, 0.4) is 0 Å². The van der Waals surface area contributed by atoms with Gasteiger partial charge >= 0.3 is 5.97 Å². The van der Waals surface area contributed by atoms with Gasteiger partial charge in [-0.25, -0.2) is 4.98 Å². The molecule has 4 rings (SSSR count). The molecule has 0 radical (unpaired) electrons. The molecule has 27 heavy (non-hydrogen) atoms. The van der Waals surface area contributed by atoms with Gasteiger partial charge in [0.1, 0.15) is 16.9 Å². The number of ether oxygens (including phenoxy) is 1. The monoisotopic (exact) mass is 371 g/mol. The summed E-state index contributed by atoms with van der Waals surface area (Å²) < 4.78 is 10.6. The van der Waals surface area contributed by atoms with Crippen LogP contribution in [0.2, 0.25) is 0 Å². The van der Waals surface area contributed by atoms with Crippen molar-refractivity contribution in [2.75, 3.05) is 19.7 Å². The average molecular weight is 371 g/mol. The largest absolute Gasteiger partial charge is 0.466 e. The molecule has 1 aromatic carbocycles. The number of hydrogen-bond donors (Lipinski definition) is 2. The zero-order valence-electron chi connectivity index (χ0n) is 15.0. The molecule has 8 heteroatoms. The zero-order chi connectivity index (χ0) is 19.0. The molecule has 1 aliphatic rings. The summed E-state index contributed by atoms with van der Waals surface area (Å²) >= 11 is 0. The number of aliphatic hydroxyl groups excluding tert-OH is 1. The Balaban J connectivity index is 1.71. The molecular formula is C19H21N3O5. The van der Waals surface area contributed by atoms with E-state index in [2.05, 4.69) is 9.97 Å². The first-order chi connectivity index (χ1) is 13.0. The normalized spacial score (nSPS) is 17.8. The van der Waals surface area contributed by atoms with Crippen molar-refractivity contribution in [3.8, 4) is 0 Å². The van der Waals surface area contributed by atoms with Crippen LogP contribution in [0.1, 0.15) is 24.7 Å². The molecular weight excluding hydrogens is 350 g/mol. The van der Waals surface area contributed by atoms with Crippen LogP contribution >= 0.6 is 0 Å². The Hall–Kier alpha value is -2.71. The van der Waals surface area contributed by atoms with E-state index in [-0.39, 0.29) is 29.6 Å². The zero-order valence-corrected chi connectivity index (χ0v) is 15.0. The number of nitrogens with zero attached hydrogens (tertiary/aromatic N) is 2. The van der Waals surface area contributed by atoms with Crippen LogP contribution in [0.5, 0.6) is 0 Å². The third-order valence-corrected chi connectivity index (χ3v) is 4.71. The van der Waals surface area contributed by atoms with Gasteiger partial charge in [-0.1, -0.05) is 6.07 Å². The number of β-amino-alcohol motifs (C(OH)–C–C–N with tert-alkyl or cyclic N) is 1. The standard InChI is InChI=1S/C19H21N3O5/c1-2-26-16(24)8-11-3-4-14-13(7-11)17-18(27-14)19(25)21-15(20-17)10-22-6-5-12(23)9-22/h3-4,7,12,23H,2,5-6,8-10H2,1H3,(H,20,21,25)/t12-/m0/s1. The van der Waals surface area contributed by atoms with Crippen molar-refractivity contribution in [3.63, 3.8) is 0 Å². The van der Waals surface area contributed by atoms with Crippen LogP contribution in [-0.4, -0.2) is 51.7 Å². The number of esters is 1. The van der Waals surface area contributed by atoms with E-state index in [1.165, 1.54) is 0 Å². The predicted octanol–water partition coefficient (Wildman–Crippen LogP) is 1.34. The molecule has 0 bridgehead atoms. The third-order valence-electron chi connectivity index (χ3n) is 4.71. The Bertz CT molecular complexity index is 1050. The number of aliphatic hydroxyl groups is 1. The summed E-state index contributed by atoms with van der Waals surface area (Å²) in [5.41, 5.74) is 1.63. The molecule has 1 aliphatic heterocycles. The second-order valence-electron chi connectivity index (χ2n) is 6.78. The number of H-pyrrole nitrogens is 1. The summed E-state index contributed by atoms with van der Waals surface area (Å²) in [6, 6.07) is 5.33. The van der Waals surface area contributed by atoms with Gasteiger partial charge in [-0.3, -0.25) is 14.5 Å². The summed E-state index contributed by atoms with van der Waals surface area (Å²) in [6.07, 6.45) is 0.539. The van der Waals surface area contributed by atoms with Gasteiger partial charge in [-0.2, -0.15) is 0 Å². The quantitative estimate of drug-likeness (QED) is 0.652. The highest BCUT2D eigenvalue weighted by molar-refractivity contribution is 6.02. The highest BCUT2D eigenvalue weighted by Crippen LogP contribution is 2.26. The fourth-order valence-electron chi connectivity index (χ4n) is 3.48. The summed E-state index contributed by atoms with van der Waals surface area (Å²) in [5.74, 6) is 0.226. The maximum absolute atomic E-state index is 12.4. The van der Waals surface area contributed by atoms with Gasteiger partial charge in [-0.15, -0.1) is 0 Å². The molecule has 8 nitrogen and oxygen atoms in total. The van der Waals surface area contributed by atoms with Crippen LogP contribution in [0.15, 0.2) is 27.4 Å². The molecule has 142 valence electrons. The summed E-state index contributed by atoms with van der Waals surface area (Å²) in [4.78, 5) is 33.5. The second-order valence-corrected chi connectivity index (χ2v) is 6.78. The van der Waals surface area contributed by atoms with Gasteiger partial charge in [0.25, 0.3) is 5.56 Å². The number of aromatic amines is 1. The molecule has 0 spiro atoms. The number of fused-ring (bicyclic) bond motifs is 3. The van der Waals surface area contributed by atoms with E-state index in [0.29, 0.717) is 42.0 Å². The number of furan rings is 1. The van der Waals surface area contributed by atoms with Crippen molar-refractivity contribution in [2.45, 2.75) is 32.4 Å². The van der Waals surface area contributed by atoms with Gasteiger partial charge in [0, 0.05) is 18.5 Å². The van der Waals surface area contributed by atoms with Crippen LogP contribution < -0.4 is 5.56 Å². The maximum Gasteiger partial charge on any atom is 0.310 e. The highest BCUT2D eigenvalue weighted by Gasteiger charge is 2.22. The molecule has 0 saturated carbocycles. The summed E-state index contributed by atoms with van der Waals surface area (Å²) in [5, 5.41) is 10.4. The highest BCUT2D eigenvalue weighted by atomic mass is 16.5. The first kappa shape index (κ1) is 17.7. The number of benzene rings is 1. The minimum atomic E-state index is -0.335. The molecule has 0 aliphatic carbocycles. The molecule has 1 fully saturated rings. The molecule has 3 heterocycles. The van der Waals surface area contributed by atoms with Gasteiger partial charge in [-0.05, 0) is 31.0 Å². The SMILES string of the molecule is CCOC(=O)Cc1ccc2oc3c(=O)[nH]c(CN4CC[C@H](O)C4)nc3c2c1. The number of likely N-dealkylation sites (tertiary alicyclic amines) is 1. The lowest BCUT2D eigenvalue weighted by Gasteiger charge is -2.13. The van der Waals surface area contributed by atoms with Crippen molar-refractivity contribution in [3.05, 3.63) is 39.9 Å². The van der Waals surface area contributed by atoms with Gasteiger partial charge < -0.3 is 19.2 Å². The number of hydrogen-bond acceptors (Lipinski definition) is 7. The van der Waals surface area contributed by atoms with Crippen molar-refractivity contribution in [2.24, 2.45) is 0 Å². The minimum Gasteiger partial charge on any atom is -0.466 e. The molecule has 1 saturated heterocycles. The van der Waals surface area contributed by atoms with E-state index in [1.807, 2.05) is 11.0 Å². The molecule has 3 aromatic rings. The van der Waals surface area contributed by atoms with E-state index in [9.17, 15) is 14.7 Å². The lowest BCUT2D eigenvalue weighted by molar-refractivity contribution is -0.142. The van der Waals surface area contributed by atoms with Crippen LogP contribution in [0, 0.1) is 0 Å². The molecule has 2 aromatic heterocycles. The first-order valence-electron chi connectivity index (χ1n) is 9.04. The first-order valence-corrected chi connectivity index (χ1v) is 9.04. The Morgan fingerprint density at radius 3 is 3.07 bits per heavy atom. The van der Waals surface area contributed by atoms with Crippen molar-refractivity contribution in [1.82, 2.24) is 14.9 Å². The molecule has 0 unspecified atom stereocenters.